The minimum atomic E-state index is -0.715. The second kappa shape index (κ2) is 11.6. The van der Waals surface area contributed by atoms with E-state index in [1.807, 2.05) is 24.3 Å². The van der Waals surface area contributed by atoms with Gasteiger partial charge in [0.2, 0.25) is 0 Å². The van der Waals surface area contributed by atoms with Gasteiger partial charge < -0.3 is 15.2 Å². The number of nitrogens with zero attached hydrogens (tertiary/aromatic N) is 6. The van der Waals surface area contributed by atoms with Crippen LogP contribution in [0.4, 0.5) is 15.9 Å². The number of hydrogen-bond donors (Lipinski definition) is 2. The lowest BCUT2D eigenvalue weighted by atomic mass is 10.0. The van der Waals surface area contributed by atoms with Crippen molar-refractivity contribution in [1.82, 2.24) is 14.9 Å². The summed E-state index contributed by atoms with van der Waals surface area (Å²) in [4.78, 5) is 13.9. The van der Waals surface area contributed by atoms with Gasteiger partial charge >= 0.3 is 0 Å². The summed E-state index contributed by atoms with van der Waals surface area (Å²) < 4.78 is 19.2. The number of piperidine rings is 1. The van der Waals surface area contributed by atoms with E-state index < -0.39 is 12.1 Å². The molecule has 0 unspecified atom stereocenters. The molecule has 2 atom stereocenters. The molecule has 1 aliphatic rings. The van der Waals surface area contributed by atoms with Gasteiger partial charge in [0.25, 0.3) is 0 Å². The molecule has 1 saturated heterocycles. The van der Waals surface area contributed by atoms with E-state index in [-0.39, 0.29) is 12.4 Å². The van der Waals surface area contributed by atoms with E-state index in [4.69, 9.17) is 21.9 Å². The van der Waals surface area contributed by atoms with E-state index in [2.05, 4.69) is 30.2 Å². The molecule has 0 saturated carbocycles. The number of benzene rings is 3. The van der Waals surface area contributed by atoms with Crippen molar-refractivity contribution in [2.75, 3.05) is 18.4 Å². The number of hydrogen-bond acceptors (Lipinski definition) is 7. The Morgan fingerprint density at radius 2 is 2.05 bits per heavy atom. The minimum absolute atomic E-state index is 0.193. The number of rotatable bonds is 8. The molecule has 9 nitrogen and oxygen atoms in total. The van der Waals surface area contributed by atoms with E-state index in [9.17, 15) is 9.50 Å². The summed E-state index contributed by atoms with van der Waals surface area (Å²) in [5.41, 5.74) is 11.9. The molecule has 1 aliphatic heterocycles. The van der Waals surface area contributed by atoms with Crippen LogP contribution < -0.4 is 10.1 Å². The number of aliphatic hydroxyl groups excluding tert-OH is 1. The molecule has 5 rings (SSSR count). The maximum atomic E-state index is 13.4. The standard InChI is InChI=1S/C27H25ClFN7O2/c28-21-12-20(7-8-25(21)38-15-17-3-1-5-19(29)11-17)33-27-26-18(4-2-6-23(26)31-16-32-27)13-36-10-9-22(34-35-30)24(37)14-36/h1-8,11-12,16,22,24,37H,9-10,13-15H2,(H,31,32,33)/t22-,24-/m1/s1. The molecule has 0 aliphatic carbocycles. The molecule has 0 spiro atoms. The van der Waals surface area contributed by atoms with Gasteiger partial charge in [-0.15, -0.1) is 0 Å². The van der Waals surface area contributed by atoms with Crippen LogP contribution in [-0.4, -0.2) is 45.2 Å². The Morgan fingerprint density at radius 3 is 2.84 bits per heavy atom. The summed E-state index contributed by atoms with van der Waals surface area (Å²) in [6.07, 6.45) is 1.37. The van der Waals surface area contributed by atoms with Crippen LogP contribution in [0.15, 0.2) is 72.1 Å². The Morgan fingerprint density at radius 1 is 1.18 bits per heavy atom. The number of halogens is 2. The summed E-state index contributed by atoms with van der Waals surface area (Å²) in [6, 6.07) is 17.0. The fourth-order valence-corrected chi connectivity index (χ4v) is 4.83. The third kappa shape index (κ3) is 5.95. The Balaban J connectivity index is 1.33. The average Bonchev–Trinajstić information content (AvgIpc) is 2.90. The van der Waals surface area contributed by atoms with Crippen molar-refractivity contribution in [3.05, 3.63) is 99.4 Å². The predicted octanol–water partition coefficient (Wildman–Crippen LogP) is 5.99. The van der Waals surface area contributed by atoms with E-state index in [1.165, 1.54) is 18.5 Å². The number of β-amino-alcohol motifs (C(OH)–C–C–N with tert-alkyl or cyclic N) is 1. The van der Waals surface area contributed by atoms with Gasteiger partial charge in [-0.1, -0.05) is 41.0 Å². The van der Waals surface area contributed by atoms with Crippen LogP contribution in [0.25, 0.3) is 21.3 Å². The normalized spacial score (nSPS) is 17.7. The molecule has 3 aromatic carbocycles. The quantitative estimate of drug-likeness (QED) is 0.163. The van der Waals surface area contributed by atoms with Gasteiger partial charge in [-0.25, -0.2) is 14.4 Å². The number of azide groups is 1. The molecular formula is C27H25ClFN7O2. The highest BCUT2D eigenvalue weighted by Gasteiger charge is 2.27. The molecule has 1 aromatic heterocycles. The van der Waals surface area contributed by atoms with Crippen molar-refractivity contribution in [2.45, 2.75) is 31.7 Å². The largest absolute Gasteiger partial charge is 0.487 e. The minimum Gasteiger partial charge on any atom is -0.487 e. The van der Waals surface area contributed by atoms with Gasteiger partial charge in [-0.2, -0.15) is 0 Å². The van der Waals surface area contributed by atoms with Crippen molar-refractivity contribution in [1.29, 1.82) is 0 Å². The summed E-state index contributed by atoms with van der Waals surface area (Å²) in [5.74, 6) is 0.791. The Bertz CT molecular complexity index is 1490. The fourth-order valence-electron chi connectivity index (χ4n) is 4.60. The Kier molecular flexibility index (Phi) is 7.86. The maximum absolute atomic E-state index is 13.4. The van der Waals surface area contributed by atoms with Crippen molar-refractivity contribution in [3.8, 4) is 5.75 Å². The number of anilines is 2. The molecular weight excluding hydrogens is 509 g/mol. The van der Waals surface area contributed by atoms with E-state index in [1.54, 1.807) is 24.3 Å². The first-order chi connectivity index (χ1) is 18.5. The predicted molar refractivity (Wildman–Crippen MR) is 144 cm³/mol. The second-order valence-corrected chi connectivity index (χ2v) is 9.49. The van der Waals surface area contributed by atoms with Gasteiger partial charge in [0.1, 0.15) is 30.3 Å². The van der Waals surface area contributed by atoms with Gasteiger partial charge in [-0.3, -0.25) is 4.90 Å². The first-order valence-electron chi connectivity index (χ1n) is 12.1. The maximum Gasteiger partial charge on any atom is 0.142 e. The summed E-state index contributed by atoms with van der Waals surface area (Å²) in [5, 5.41) is 18.7. The zero-order valence-corrected chi connectivity index (χ0v) is 21.1. The molecule has 0 amide bonds. The Labute approximate surface area is 223 Å². The fraction of sp³-hybridized carbons (Fsp3) is 0.259. The Hall–Kier alpha value is -3.95. The molecule has 4 aromatic rings. The highest BCUT2D eigenvalue weighted by molar-refractivity contribution is 6.32. The third-order valence-electron chi connectivity index (χ3n) is 6.45. The van der Waals surface area contributed by atoms with Gasteiger partial charge in [0.15, 0.2) is 0 Å². The number of fused-ring (bicyclic) bond motifs is 1. The van der Waals surface area contributed by atoms with E-state index >= 15 is 0 Å². The van der Waals surface area contributed by atoms with Crippen LogP contribution in [-0.2, 0) is 13.2 Å². The molecule has 2 N–H and O–H groups in total. The number of ether oxygens (including phenoxy) is 1. The third-order valence-corrected chi connectivity index (χ3v) is 6.75. The number of likely N-dealkylation sites (tertiary alicyclic amines) is 1. The van der Waals surface area contributed by atoms with E-state index in [0.717, 1.165) is 16.5 Å². The molecule has 194 valence electrons. The van der Waals surface area contributed by atoms with Gasteiger partial charge in [0, 0.05) is 29.1 Å². The topological polar surface area (TPSA) is 119 Å². The van der Waals surface area contributed by atoms with Crippen molar-refractivity contribution >= 4 is 34.0 Å². The number of nitrogens with one attached hydrogen (secondary N) is 1. The first-order valence-corrected chi connectivity index (χ1v) is 12.5. The average molecular weight is 534 g/mol. The molecule has 11 heteroatoms. The highest BCUT2D eigenvalue weighted by atomic mass is 35.5. The summed E-state index contributed by atoms with van der Waals surface area (Å²) >= 11 is 6.49. The SMILES string of the molecule is [N-]=[N+]=N[C@@H]1CCN(Cc2cccc3ncnc(Nc4ccc(OCc5cccc(F)c5)c(Cl)c4)c23)C[C@H]1O. The van der Waals surface area contributed by atoms with Crippen molar-refractivity contribution in [3.63, 3.8) is 0 Å². The van der Waals surface area contributed by atoms with Crippen LogP contribution in [0.1, 0.15) is 17.5 Å². The van der Waals surface area contributed by atoms with Crippen molar-refractivity contribution in [2.24, 2.45) is 5.11 Å². The van der Waals surface area contributed by atoms with Crippen LogP contribution in [0.5, 0.6) is 5.75 Å². The highest BCUT2D eigenvalue weighted by Crippen LogP contribution is 2.32. The molecule has 2 heterocycles. The van der Waals surface area contributed by atoms with Crippen molar-refractivity contribution < 1.29 is 14.2 Å². The summed E-state index contributed by atoms with van der Waals surface area (Å²) in [7, 11) is 0. The zero-order chi connectivity index (χ0) is 26.5. The summed E-state index contributed by atoms with van der Waals surface area (Å²) in [6.45, 7) is 1.87. The second-order valence-electron chi connectivity index (χ2n) is 9.09. The van der Waals surface area contributed by atoms with Gasteiger partial charge in [-0.05, 0) is 66.0 Å². The lowest BCUT2D eigenvalue weighted by molar-refractivity contribution is 0.0503. The van der Waals surface area contributed by atoms with E-state index in [0.29, 0.717) is 53.9 Å². The molecule has 0 bridgehead atoms. The lowest BCUT2D eigenvalue weighted by Gasteiger charge is -2.34. The molecule has 38 heavy (non-hydrogen) atoms. The number of aromatic nitrogens is 2. The van der Waals surface area contributed by atoms with Crippen LogP contribution in [0.2, 0.25) is 5.02 Å². The van der Waals surface area contributed by atoms with Crippen LogP contribution >= 0.6 is 11.6 Å². The van der Waals surface area contributed by atoms with Crippen LogP contribution in [0.3, 0.4) is 0 Å². The lowest BCUT2D eigenvalue weighted by Crippen LogP contribution is -2.45. The monoisotopic (exact) mass is 533 g/mol. The van der Waals surface area contributed by atoms with Gasteiger partial charge in [0.05, 0.1) is 22.7 Å². The van der Waals surface area contributed by atoms with Crippen LogP contribution in [0, 0.1) is 5.82 Å². The zero-order valence-electron chi connectivity index (χ0n) is 20.3. The number of aliphatic hydroxyl groups is 1. The molecule has 0 radical (unpaired) electrons. The smallest absolute Gasteiger partial charge is 0.142 e. The first kappa shape index (κ1) is 25.7. The molecule has 1 fully saturated rings.